The number of nitrogens with zero attached hydrogens (tertiary/aromatic N) is 1. The molecule has 0 aliphatic carbocycles. The Morgan fingerprint density at radius 1 is 1.62 bits per heavy atom. The Bertz CT molecular complexity index is 221. The summed E-state index contributed by atoms with van der Waals surface area (Å²) in [4.78, 5) is 13.9. The van der Waals surface area contributed by atoms with Crippen LogP contribution < -0.4 is 5.32 Å². The first-order valence-corrected chi connectivity index (χ1v) is 6.26. The van der Waals surface area contributed by atoms with E-state index in [-0.39, 0.29) is 18.1 Å². The van der Waals surface area contributed by atoms with E-state index in [1.54, 1.807) is 0 Å². The molecule has 1 amide bonds. The summed E-state index contributed by atoms with van der Waals surface area (Å²) in [7, 11) is 0. The van der Waals surface area contributed by atoms with Crippen molar-refractivity contribution in [2.75, 3.05) is 26.2 Å². The molecule has 0 bridgehead atoms. The van der Waals surface area contributed by atoms with Gasteiger partial charge in [-0.25, -0.2) is 0 Å². The molecule has 1 aliphatic rings. The minimum Gasteiger partial charge on any atom is -0.377 e. The third-order valence-corrected chi connectivity index (χ3v) is 2.84. The molecule has 4 nitrogen and oxygen atoms in total. The van der Waals surface area contributed by atoms with Crippen molar-refractivity contribution >= 4 is 5.91 Å². The summed E-state index contributed by atoms with van der Waals surface area (Å²) < 4.78 is 5.53. The maximum Gasteiger partial charge on any atom is 0.224 e. The minimum absolute atomic E-state index is 0.167. The zero-order valence-electron chi connectivity index (χ0n) is 10.7. The second-order valence-electron chi connectivity index (χ2n) is 4.54. The SMILES string of the molecule is CCNC(C)CC(=O)N1CCCOC(C)C1. The van der Waals surface area contributed by atoms with Crippen molar-refractivity contribution in [2.24, 2.45) is 0 Å². The number of rotatable bonds is 4. The minimum atomic E-state index is 0.167. The normalized spacial score (nSPS) is 23.9. The molecule has 1 aliphatic heterocycles. The van der Waals surface area contributed by atoms with Gasteiger partial charge in [0.05, 0.1) is 6.10 Å². The monoisotopic (exact) mass is 228 g/mol. The summed E-state index contributed by atoms with van der Waals surface area (Å²) in [5.74, 6) is 0.241. The Balaban J connectivity index is 2.39. The smallest absolute Gasteiger partial charge is 0.224 e. The highest BCUT2D eigenvalue weighted by Crippen LogP contribution is 2.08. The molecule has 16 heavy (non-hydrogen) atoms. The number of ether oxygens (including phenoxy) is 1. The topological polar surface area (TPSA) is 41.6 Å². The summed E-state index contributed by atoms with van der Waals surface area (Å²) in [6.45, 7) is 9.39. The second kappa shape index (κ2) is 6.86. The predicted molar refractivity (Wildman–Crippen MR) is 64.4 cm³/mol. The first kappa shape index (κ1) is 13.5. The molecular formula is C12H24N2O2. The van der Waals surface area contributed by atoms with Crippen LogP contribution in [0.4, 0.5) is 0 Å². The lowest BCUT2D eigenvalue weighted by atomic mass is 10.2. The second-order valence-corrected chi connectivity index (χ2v) is 4.54. The van der Waals surface area contributed by atoms with E-state index >= 15 is 0 Å². The number of hydrogen-bond donors (Lipinski definition) is 1. The van der Waals surface area contributed by atoms with Crippen LogP contribution in [0.3, 0.4) is 0 Å². The van der Waals surface area contributed by atoms with Crippen LogP contribution in [0.15, 0.2) is 0 Å². The molecule has 2 unspecified atom stereocenters. The highest BCUT2D eigenvalue weighted by molar-refractivity contribution is 5.76. The van der Waals surface area contributed by atoms with Gasteiger partial charge >= 0.3 is 0 Å². The van der Waals surface area contributed by atoms with E-state index in [4.69, 9.17) is 4.74 Å². The third kappa shape index (κ3) is 4.49. The zero-order chi connectivity index (χ0) is 12.0. The van der Waals surface area contributed by atoms with Gasteiger partial charge in [0.1, 0.15) is 0 Å². The van der Waals surface area contributed by atoms with Crippen molar-refractivity contribution in [1.29, 1.82) is 0 Å². The molecule has 0 radical (unpaired) electrons. The van der Waals surface area contributed by atoms with Crippen molar-refractivity contribution < 1.29 is 9.53 Å². The van der Waals surface area contributed by atoms with E-state index in [0.717, 1.165) is 32.7 Å². The number of amides is 1. The summed E-state index contributed by atoms with van der Waals surface area (Å²) >= 11 is 0. The van der Waals surface area contributed by atoms with Gasteiger partial charge in [-0.05, 0) is 26.8 Å². The molecule has 2 atom stereocenters. The summed E-state index contributed by atoms with van der Waals surface area (Å²) in [6, 6.07) is 0.261. The number of nitrogens with one attached hydrogen (secondary N) is 1. The van der Waals surface area contributed by atoms with Crippen LogP contribution in [0.1, 0.15) is 33.6 Å². The van der Waals surface area contributed by atoms with Crippen molar-refractivity contribution in [3.63, 3.8) is 0 Å². The van der Waals surface area contributed by atoms with Crippen LogP contribution in [-0.4, -0.2) is 49.2 Å². The van der Waals surface area contributed by atoms with Gasteiger partial charge in [0.25, 0.3) is 0 Å². The summed E-state index contributed by atoms with van der Waals surface area (Å²) in [5, 5.41) is 3.26. The maximum atomic E-state index is 12.0. The molecular weight excluding hydrogens is 204 g/mol. The Labute approximate surface area is 98.3 Å². The molecule has 0 saturated carbocycles. The van der Waals surface area contributed by atoms with Gasteiger partial charge in [-0.1, -0.05) is 6.92 Å². The molecule has 4 heteroatoms. The lowest BCUT2D eigenvalue weighted by Gasteiger charge is -2.24. The molecule has 0 aromatic rings. The highest BCUT2D eigenvalue weighted by Gasteiger charge is 2.20. The van der Waals surface area contributed by atoms with Gasteiger partial charge < -0.3 is 15.0 Å². The van der Waals surface area contributed by atoms with Gasteiger partial charge in [0, 0.05) is 32.2 Å². The Kier molecular flexibility index (Phi) is 5.77. The van der Waals surface area contributed by atoms with Gasteiger partial charge in [-0.2, -0.15) is 0 Å². The molecule has 0 aromatic heterocycles. The van der Waals surface area contributed by atoms with Crippen LogP contribution >= 0.6 is 0 Å². The molecule has 1 N–H and O–H groups in total. The Morgan fingerprint density at radius 3 is 3.06 bits per heavy atom. The molecule has 1 heterocycles. The molecule has 1 fully saturated rings. The zero-order valence-corrected chi connectivity index (χ0v) is 10.7. The van der Waals surface area contributed by atoms with Crippen LogP contribution in [-0.2, 0) is 9.53 Å². The Morgan fingerprint density at radius 2 is 2.38 bits per heavy atom. The molecule has 0 spiro atoms. The van der Waals surface area contributed by atoms with Gasteiger partial charge in [-0.15, -0.1) is 0 Å². The lowest BCUT2D eigenvalue weighted by Crippen LogP contribution is -2.39. The standard InChI is InChI=1S/C12H24N2O2/c1-4-13-10(2)8-12(15)14-6-5-7-16-11(3)9-14/h10-11,13H,4-9H2,1-3H3. The highest BCUT2D eigenvalue weighted by atomic mass is 16.5. The van der Waals surface area contributed by atoms with Crippen LogP contribution in [0, 0.1) is 0 Å². The van der Waals surface area contributed by atoms with E-state index in [1.165, 1.54) is 0 Å². The average Bonchev–Trinajstić information content (AvgIpc) is 2.43. The van der Waals surface area contributed by atoms with E-state index in [9.17, 15) is 4.79 Å². The number of hydrogen-bond acceptors (Lipinski definition) is 3. The first-order chi connectivity index (χ1) is 7.63. The third-order valence-electron chi connectivity index (χ3n) is 2.84. The Hall–Kier alpha value is -0.610. The fraction of sp³-hybridized carbons (Fsp3) is 0.917. The van der Waals surface area contributed by atoms with E-state index in [0.29, 0.717) is 6.42 Å². The summed E-state index contributed by atoms with van der Waals surface area (Å²) in [5.41, 5.74) is 0. The van der Waals surface area contributed by atoms with Gasteiger partial charge in [0.2, 0.25) is 5.91 Å². The fourth-order valence-electron chi connectivity index (χ4n) is 2.03. The number of carbonyl (C=O) groups excluding carboxylic acids is 1. The number of carbonyl (C=O) groups is 1. The average molecular weight is 228 g/mol. The molecule has 94 valence electrons. The van der Waals surface area contributed by atoms with E-state index < -0.39 is 0 Å². The fourth-order valence-corrected chi connectivity index (χ4v) is 2.03. The van der Waals surface area contributed by atoms with Crippen LogP contribution in [0.2, 0.25) is 0 Å². The lowest BCUT2D eigenvalue weighted by molar-refractivity contribution is -0.132. The van der Waals surface area contributed by atoms with Crippen molar-refractivity contribution in [1.82, 2.24) is 10.2 Å². The largest absolute Gasteiger partial charge is 0.377 e. The predicted octanol–water partition coefficient (Wildman–Crippen LogP) is 1.01. The van der Waals surface area contributed by atoms with Gasteiger partial charge in [-0.3, -0.25) is 4.79 Å². The first-order valence-electron chi connectivity index (χ1n) is 6.26. The van der Waals surface area contributed by atoms with Crippen molar-refractivity contribution in [3.05, 3.63) is 0 Å². The van der Waals surface area contributed by atoms with Gasteiger partial charge in [0.15, 0.2) is 0 Å². The van der Waals surface area contributed by atoms with Crippen LogP contribution in [0.25, 0.3) is 0 Å². The maximum absolute atomic E-state index is 12.0. The quantitative estimate of drug-likeness (QED) is 0.781. The van der Waals surface area contributed by atoms with E-state index in [2.05, 4.69) is 19.2 Å². The summed E-state index contributed by atoms with van der Waals surface area (Å²) in [6.07, 6.45) is 1.70. The van der Waals surface area contributed by atoms with Crippen molar-refractivity contribution in [2.45, 2.75) is 45.8 Å². The van der Waals surface area contributed by atoms with E-state index in [1.807, 2.05) is 11.8 Å². The van der Waals surface area contributed by atoms with Crippen LogP contribution in [0.5, 0.6) is 0 Å². The molecule has 1 rings (SSSR count). The molecule has 0 aromatic carbocycles. The molecule has 1 saturated heterocycles. The van der Waals surface area contributed by atoms with Crippen molar-refractivity contribution in [3.8, 4) is 0 Å².